The number of Topliss-reactive ketones (excluding diaryl/α,β-unsaturated/α-hetero) is 1. The van der Waals surface area contributed by atoms with Crippen LogP contribution in [0.15, 0.2) is 21.2 Å². The number of hydrogen-bond donors (Lipinski definition) is 0. The first-order valence-electron chi connectivity index (χ1n) is 5.26. The fraction of sp³-hybridized carbons (Fsp3) is 0.333. The molecule has 0 atom stereocenters. The fourth-order valence-electron chi connectivity index (χ4n) is 1.79. The molecular weight excluding hydrogens is 284 g/mol. The molecule has 2 rings (SSSR count). The zero-order valence-corrected chi connectivity index (χ0v) is 11.5. The minimum Gasteiger partial charge on any atom is -0.469 e. The summed E-state index contributed by atoms with van der Waals surface area (Å²) in [6.07, 6.45) is 1.85. The Morgan fingerprint density at radius 3 is 2.71 bits per heavy atom. The van der Waals surface area contributed by atoms with E-state index in [1.807, 2.05) is 14.0 Å². The maximum absolute atomic E-state index is 12.1. The molecule has 0 unspecified atom stereocenters. The minimum absolute atomic E-state index is 0.0416. The Kier molecular flexibility index (Phi) is 3.19. The van der Waals surface area contributed by atoms with E-state index in [9.17, 15) is 4.79 Å². The summed E-state index contributed by atoms with van der Waals surface area (Å²) in [6, 6.07) is 1.70. The summed E-state index contributed by atoms with van der Waals surface area (Å²) in [6.45, 7) is 3.69. The maximum atomic E-state index is 12.1. The molecule has 0 aromatic carbocycles. The lowest BCUT2D eigenvalue weighted by Gasteiger charge is -2.01. The van der Waals surface area contributed by atoms with E-state index >= 15 is 0 Å². The van der Waals surface area contributed by atoms with Gasteiger partial charge in [0.2, 0.25) is 0 Å². The van der Waals surface area contributed by atoms with Gasteiger partial charge in [-0.2, -0.15) is 5.10 Å². The van der Waals surface area contributed by atoms with Crippen molar-refractivity contribution in [2.45, 2.75) is 20.3 Å². The summed E-state index contributed by atoms with van der Waals surface area (Å²) in [7, 11) is 1.84. The van der Waals surface area contributed by atoms with Gasteiger partial charge < -0.3 is 4.42 Å². The SMILES string of the molecule is Cc1nn(C)c(CC(=O)c2ccoc2C)c1Br. The van der Waals surface area contributed by atoms with Crippen molar-refractivity contribution in [3.05, 3.63) is 39.5 Å². The van der Waals surface area contributed by atoms with Crippen LogP contribution < -0.4 is 0 Å². The standard InChI is InChI=1S/C12H13BrN2O2/c1-7-12(13)10(15(3)14-7)6-11(16)9-4-5-17-8(9)2/h4-5H,6H2,1-3H3. The zero-order chi connectivity index (χ0) is 12.6. The van der Waals surface area contributed by atoms with Gasteiger partial charge in [-0.05, 0) is 35.8 Å². The van der Waals surface area contributed by atoms with Crippen LogP contribution >= 0.6 is 15.9 Å². The Bertz CT molecular complexity index is 569. The van der Waals surface area contributed by atoms with Gasteiger partial charge in [0.25, 0.3) is 0 Å². The molecule has 0 N–H and O–H groups in total. The van der Waals surface area contributed by atoms with E-state index in [-0.39, 0.29) is 5.78 Å². The van der Waals surface area contributed by atoms with Gasteiger partial charge in [0, 0.05) is 7.05 Å². The first-order chi connectivity index (χ1) is 8.00. The van der Waals surface area contributed by atoms with Gasteiger partial charge in [-0.15, -0.1) is 0 Å². The number of rotatable bonds is 3. The summed E-state index contributed by atoms with van der Waals surface area (Å²) < 4.78 is 7.76. The second kappa shape index (κ2) is 4.49. The monoisotopic (exact) mass is 296 g/mol. The largest absolute Gasteiger partial charge is 0.469 e. The summed E-state index contributed by atoms with van der Waals surface area (Å²) in [5, 5.41) is 4.26. The molecule has 5 heteroatoms. The number of halogens is 1. The number of aryl methyl sites for hydroxylation is 3. The normalized spacial score (nSPS) is 10.8. The number of ketones is 1. The number of carbonyl (C=O) groups excluding carboxylic acids is 1. The maximum Gasteiger partial charge on any atom is 0.172 e. The molecule has 0 saturated carbocycles. The number of hydrogen-bond acceptors (Lipinski definition) is 3. The van der Waals surface area contributed by atoms with E-state index in [2.05, 4.69) is 21.0 Å². The van der Waals surface area contributed by atoms with Crippen molar-refractivity contribution in [1.29, 1.82) is 0 Å². The average molecular weight is 297 g/mol. The van der Waals surface area contributed by atoms with Crippen molar-refractivity contribution >= 4 is 21.7 Å². The van der Waals surface area contributed by atoms with E-state index in [4.69, 9.17) is 4.42 Å². The Balaban J connectivity index is 2.28. The first-order valence-corrected chi connectivity index (χ1v) is 6.05. The number of furan rings is 1. The topological polar surface area (TPSA) is 48.0 Å². The van der Waals surface area contributed by atoms with Crippen molar-refractivity contribution in [1.82, 2.24) is 9.78 Å². The van der Waals surface area contributed by atoms with Crippen LogP contribution in [0.4, 0.5) is 0 Å². The van der Waals surface area contributed by atoms with Crippen LogP contribution in [0.1, 0.15) is 27.5 Å². The van der Waals surface area contributed by atoms with Crippen molar-refractivity contribution in [2.75, 3.05) is 0 Å². The van der Waals surface area contributed by atoms with E-state index in [1.165, 1.54) is 6.26 Å². The highest BCUT2D eigenvalue weighted by Gasteiger charge is 2.17. The van der Waals surface area contributed by atoms with E-state index in [0.717, 1.165) is 15.9 Å². The van der Waals surface area contributed by atoms with Gasteiger partial charge in [0.15, 0.2) is 5.78 Å². The lowest BCUT2D eigenvalue weighted by molar-refractivity contribution is 0.0989. The summed E-state index contributed by atoms with van der Waals surface area (Å²) in [5.74, 6) is 0.699. The minimum atomic E-state index is 0.0416. The summed E-state index contributed by atoms with van der Waals surface area (Å²) in [5.41, 5.74) is 2.41. The third kappa shape index (κ3) is 2.20. The number of nitrogens with zero attached hydrogens (tertiary/aromatic N) is 2. The van der Waals surface area contributed by atoms with E-state index in [1.54, 1.807) is 17.7 Å². The van der Waals surface area contributed by atoms with Crippen LogP contribution in [-0.2, 0) is 13.5 Å². The molecule has 0 bridgehead atoms. The average Bonchev–Trinajstić information content (AvgIpc) is 2.78. The van der Waals surface area contributed by atoms with E-state index < -0.39 is 0 Å². The molecule has 0 aliphatic heterocycles. The molecule has 0 amide bonds. The molecule has 0 aliphatic rings. The van der Waals surface area contributed by atoms with Crippen molar-refractivity contribution in [2.24, 2.45) is 7.05 Å². The Labute approximate surface area is 108 Å². The summed E-state index contributed by atoms with van der Waals surface area (Å²) in [4.78, 5) is 12.1. The highest BCUT2D eigenvalue weighted by molar-refractivity contribution is 9.10. The third-order valence-electron chi connectivity index (χ3n) is 2.75. The molecule has 0 aliphatic carbocycles. The molecule has 0 fully saturated rings. The Hall–Kier alpha value is -1.36. The van der Waals surface area contributed by atoms with Crippen LogP contribution in [0, 0.1) is 13.8 Å². The van der Waals surface area contributed by atoms with Crippen molar-refractivity contribution in [3.8, 4) is 0 Å². The highest BCUT2D eigenvalue weighted by Crippen LogP contribution is 2.22. The quantitative estimate of drug-likeness (QED) is 0.818. The molecule has 90 valence electrons. The van der Waals surface area contributed by atoms with Gasteiger partial charge >= 0.3 is 0 Å². The van der Waals surface area contributed by atoms with Crippen molar-refractivity contribution in [3.63, 3.8) is 0 Å². The molecule has 2 aromatic heterocycles. The predicted octanol–water partition coefficient (Wildman–Crippen LogP) is 2.82. The van der Waals surface area contributed by atoms with E-state index in [0.29, 0.717) is 17.7 Å². The van der Waals surface area contributed by atoms with Gasteiger partial charge in [0.05, 0.1) is 34.1 Å². The lowest BCUT2D eigenvalue weighted by Crippen LogP contribution is -2.08. The highest BCUT2D eigenvalue weighted by atomic mass is 79.9. The third-order valence-corrected chi connectivity index (χ3v) is 3.78. The van der Waals surface area contributed by atoms with Crippen molar-refractivity contribution < 1.29 is 9.21 Å². The van der Waals surface area contributed by atoms with Crippen LogP contribution in [0.3, 0.4) is 0 Å². The summed E-state index contributed by atoms with van der Waals surface area (Å²) >= 11 is 3.45. The van der Waals surface area contributed by atoms with Crippen LogP contribution in [0.25, 0.3) is 0 Å². The second-order valence-electron chi connectivity index (χ2n) is 3.96. The van der Waals surface area contributed by atoms with Crippen LogP contribution in [-0.4, -0.2) is 15.6 Å². The Morgan fingerprint density at radius 2 is 2.24 bits per heavy atom. The molecule has 2 heterocycles. The molecular formula is C12H13BrN2O2. The smallest absolute Gasteiger partial charge is 0.172 e. The van der Waals surface area contributed by atoms with Gasteiger partial charge in [-0.1, -0.05) is 0 Å². The second-order valence-corrected chi connectivity index (χ2v) is 4.75. The lowest BCUT2D eigenvalue weighted by atomic mass is 10.1. The van der Waals surface area contributed by atoms with Gasteiger partial charge in [-0.3, -0.25) is 9.48 Å². The first kappa shape index (κ1) is 12.1. The van der Waals surface area contributed by atoms with Gasteiger partial charge in [-0.25, -0.2) is 0 Å². The van der Waals surface area contributed by atoms with Crippen LogP contribution in [0.5, 0.6) is 0 Å². The van der Waals surface area contributed by atoms with Crippen LogP contribution in [0.2, 0.25) is 0 Å². The molecule has 0 radical (unpaired) electrons. The number of aromatic nitrogens is 2. The molecule has 2 aromatic rings. The molecule has 4 nitrogen and oxygen atoms in total. The fourth-order valence-corrected chi connectivity index (χ4v) is 2.27. The predicted molar refractivity (Wildman–Crippen MR) is 67.1 cm³/mol. The number of carbonyl (C=O) groups is 1. The zero-order valence-electron chi connectivity index (χ0n) is 9.95. The Morgan fingerprint density at radius 1 is 1.53 bits per heavy atom. The molecule has 17 heavy (non-hydrogen) atoms. The van der Waals surface area contributed by atoms with Gasteiger partial charge in [0.1, 0.15) is 5.76 Å². The molecule has 0 spiro atoms. The molecule has 0 saturated heterocycles.